The van der Waals surface area contributed by atoms with Gasteiger partial charge < -0.3 is 0 Å². The number of rotatable bonds is 4. The lowest BCUT2D eigenvalue weighted by Crippen LogP contribution is -2.38. The molecule has 1 heterocycles. The highest BCUT2D eigenvalue weighted by molar-refractivity contribution is 7.89. The third kappa shape index (κ3) is 3.18. The molecule has 0 saturated heterocycles. The first-order valence-electron chi connectivity index (χ1n) is 7.02. The van der Waals surface area contributed by atoms with Crippen LogP contribution in [-0.4, -0.2) is 24.7 Å². The van der Waals surface area contributed by atoms with Gasteiger partial charge in [-0.25, -0.2) is 12.7 Å². The zero-order valence-electron chi connectivity index (χ0n) is 12.4. The minimum absolute atomic E-state index is 0.0126. The molecular formula is C15H12Cl3NO3S2. The summed E-state index contributed by atoms with van der Waals surface area (Å²) in [6.07, 6.45) is 1.25. The number of benzene rings is 1. The number of thiophene rings is 1. The normalized spacial score (nSPS) is 14.7. The molecule has 0 unspecified atom stereocenters. The lowest BCUT2D eigenvalue weighted by Gasteiger charge is -2.22. The van der Waals surface area contributed by atoms with Crippen LogP contribution >= 0.6 is 46.1 Å². The fraction of sp³-hybridized carbons (Fsp3) is 0.267. The Morgan fingerprint density at radius 1 is 1.12 bits per heavy atom. The molecule has 9 heteroatoms. The average Bonchev–Trinajstić information content (AvgIpc) is 3.31. The van der Waals surface area contributed by atoms with Gasteiger partial charge >= 0.3 is 0 Å². The molecule has 0 radical (unpaired) electrons. The number of carbonyl (C=O) groups is 1. The Bertz CT molecular complexity index is 903. The molecule has 0 spiro atoms. The van der Waals surface area contributed by atoms with E-state index in [9.17, 15) is 13.2 Å². The fourth-order valence-corrected chi connectivity index (χ4v) is 5.62. The van der Waals surface area contributed by atoms with Crippen LogP contribution in [0, 0.1) is 6.92 Å². The van der Waals surface area contributed by atoms with Crippen molar-refractivity contribution in [3.63, 3.8) is 0 Å². The van der Waals surface area contributed by atoms with Crippen molar-refractivity contribution in [2.75, 3.05) is 0 Å². The average molecular weight is 425 g/mol. The van der Waals surface area contributed by atoms with Gasteiger partial charge in [-0.1, -0.05) is 52.5 Å². The minimum atomic E-state index is -3.98. The van der Waals surface area contributed by atoms with Crippen LogP contribution in [0.25, 0.3) is 0 Å². The van der Waals surface area contributed by atoms with Crippen molar-refractivity contribution >= 4 is 62.1 Å². The molecule has 1 amide bonds. The van der Waals surface area contributed by atoms with Gasteiger partial charge in [0.1, 0.15) is 9.21 Å². The molecule has 1 aromatic heterocycles. The quantitative estimate of drug-likeness (QED) is 0.693. The monoisotopic (exact) mass is 423 g/mol. The molecule has 1 aliphatic carbocycles. The van der Waals surface area contributed by atoms with E-state index in [4.69, 9.17) is 34.8 Å². The molecule has 1 fully saturated rings. The van der Waals surface area contributed by atoms with E-state index in [0.29, 0.717) is 12.8 Å². The zero-order chi connectivity index (χ0) is 17.6. The van der Waals surface area contributed by atoms with E-state index in [1.54, 1.807) is 12.1 Å². The maximum Gasteiger partial charge on any atom is 0.279 e. The Balaban J connectivity index is 2.05. The third-order valence-corrected chi connectivity index (χ3v) is 8.02. The SMILES string of the molecule is Cc1ccc(S(=O)(=O)N(C(=O)c2sc(Cl)c(Cl)c2Cl)C2CC2)cc1. The van der Waals surface area contributed by atoms with E-state index >= 15 is 0 Å². The summed E-state index contributed by atoms with van der Waals surface area (Å²) in [5.74, 6) is -0.693. The lowest BCUT2D eigenvalue weighted by atomic mass is 10.2. The highest BCUT2D eigenvalue weighted by Gasteiger charge is 2.43. The van der Waals surface area contributed by atoms with E-state index < -0.39 is 15.9 Å². The smallest absolute Gasteiger partial charge is 0.267 e. The van der Waals surface area contributed by atoms with E-state index in [0.717, 1.165) is 21.2 Å². The highest BCUT2D eigenvalue weighted by Crippen LogP contribution is 2.43. The summed E-state index contributed by atoms with van der Waals surface area (Å²) in [6.45, 7) is 1.86. The first kappa shape index (κ1) is 18.0. The first-order chi connectivity index (χ1) is 11.2. The molecule has 2 aromatic rings. The van der Waals surface area contributed by atoms with Gasteiger partial charge in [-0.15, -0.1) is 11.3 Å². The molecule has 3 rings (SSSR count). The molecule has 128 valence electrons. The van der Waals surface area contributed by atoms with Gasteiger partial charge in [-0.3, -0.25) is 4.79 Å². The van der Waals surface area contributed by atoms with E-state index in [1.165, 1.54) is 12.1 Å². The second-order valence-electron chi connectivity index (χ2n) is 5.48. The van der Waals surface area contributed by atoms with Crippen LogP contribution < -0.4 is 0 Å². The number of aryl methyl sites for hydroxylation is 1. The molecule has 1 aromatic carbocycles. The summed E-state index contributed by atoms with van der Waals surface area (Å²) in [5, 5.41) is 0.0524. The predicted molar refractivity (Wildman–Crippen MR) is 96.9 cm³/mol. The van der Waals surface area contributed by atoms with Crippen molar-refractivity contribution in [2.24, 2.45) is 0 Å². The lowest BCUT2D eigenvalue weighted by molar-refractivity contribution is 0.0859. The van der Waals surface area contributed by atoms with Gasteiger partial charge in [0.25, 0.3) is 15.9 Å². The molecule has 4 nitrogen and oxygen atoms in total. The third-order valence-electron chi connectivity index (χ3n) is 3.61. The van der Waals surface area contributed by atoms with Gasteiger partial charge in [0.05, 0.1) is 14.9 Å². The largest absolute Gasteiger partial charge is 0.279 e. The summed E-state index contributed by atoms with van der Waals surface area (Å²) in [7, 11) is -3.98. The molecular weight excluding hydrogens is 413 g/mol. The molecule has 0 bridgehead atoms. The fourth-order valence-electron chi connectivity index (χ4n) is 2.21. The number of hydrogen-bond acceptors (Lipinski definition) is 4. The number of amides is 1. The summed E-state index contributed by atoms with van der Waals surface area (Å²) in [4.78, 5) is 13.0. The van der Waals surface area contributed by atoms with Crippen molar-refractivity contribution in [2.45, 2.75) is 30.7 Å². The van der Waals surface area contributed by atoms with Gasteiger partial charge in [0, 0.05) is 6.04 Å². The van der Waals surface area contributed by atoms with Gasteiger partial charge in [0.2, 0.25) is 0 Å². The summed E-state index contributed by atoms with van der Waals surface area (Å²) >= 11 is 18.8. The second-order valence-corrected chi connectivity index (χ2v) is 9.68. The van der Waals surface area contributed by atoms with E-state index in [1.807, 2.05) is 6.92 Å². The minimum Gasteiger partial charge on any atom is -0.267 e. The van der Waals surface area contributed by atoms with Crippen molar-refractivity contribution in [3.8, 4) is 0 Å². The molecule has 1 saturated carbocycles. The number of halogens is 3. The van der Waals surface area contributed by atoms with Crippen molar-refractivity contribution in [1.82, 2.24) is 4.31 Å². The van der Waals surface area contributed by atoms with Gasteiger partial charge in [-0.05, 0) is 31.9 Å². The second kappa shape index (κ2) is 6.50. The maximum absolute atomic E-state index is 12.9. The molecule has 0 aliphatic heterocycles. The molecule has 1 aliphatic rings. The van der Waals surface area contributed by atoms with Crippen LogP contribution in [0.5, 0.6) is 0 Å². The molecule has 0 N–H and O–H groups in total. The van der Waals surface area contributed by atoms with Crippen LogP contribution in [0.15, 0.2) is 29.2 Å². The number of hydrogen-bond donors (Lipinski definition) is 0. The number of sulfonamides is 1. The first-order valence-corrected chi connectivity index (χ1v) is 10.4. The van der Waals surface area contributed by atoms with Crippen LogP contribution in [0.4, 0.5) is 0 Å². The Morgan fingerprint density at radius 2 is 1.71 bits per heavy atom. The summed E-state index contributed by atoms with van der Waals surface area (Å²) in [5.41, 5.74) is 0.929. The zero-order valence-corrected chi connectivity index (χ0v) is 16.3. The molecule has 0 atom stereocenters. The van der Waals surface area contributed by atoms with Crippen LogP contribution in [0.3, 0.4) is 0 Å². The van der Waals surface area contributed by atoms with Crippen LogP contribution in [-0.2, 0) is 10.0 Å². The summed E-state index contributed by atoms with van der Waals surface area (Å²) < 4.78 is 27.0. The van der Waals surface area contributed by atoms with Gasteiger partial charge in [0.15, 0.2) is 0 Å². The van der Waals surface area contributed by atoms with Crippen molar-refractivity contribution < 1.29 is 13.2 Å². The molecule has 24 heavy (non-hydrogen) atoms. The predicted octanol–water partition coefficient (Wildman–Crippen LogP) is 5.01. The van der Waals surface area contributed by atoms with Crippen LogP contribution in [0.1, 0.15) is 28.1 Å². The van der Waals surface area contributed by atoms with Gasteiger partial charge in [-0.2, -0.15) is 0 Å². The van der Waals surface area contributed by atoms with Crippen LogP contribution in [0.2, 0.25) is 14.4 Å². The van der Waals surface area contributed by atoms with Crippen molar-refractivity contribution in [1.29, 1.82) is 0 Å². The Kier molecular flexibility index (Phi) is 4.88. The number of nitrogens with zero attached hydrogens (tertiary/aromatic N) is 1. The van der Waals surface area contributed by atoms with Crippen molar-refractivity contribution in [3.05, 3.63) is 49.1 Å². The standard InChI is InChI=1S/C15H12Cl3NO3S2/c1-8-2-6-10(7-3-8)24(21,22)19(9-4-5-9)15(20)13-11(16)12(17)14(18)23-13/h2-3,6-7,9H,4-5H2,1H3. The van der Waals surface area contributed by atoms with E-state index in [2.05, 4.69) is 0 Å². The topological polar surface area (TPSA) is 54.5 Å². The Hall–Kier alpha value is -0.790. The number of carbonyl (C=O) groups excluding carboxylic acids is 1. The Morgan fingerprint density at radius 3 is 2.17 bits per heavy atom. The summed E-state index contributed by atoms with van der Waals surface area (Å²) in [6, 6.07) is 5.99. The highest BCUT2D eigenvalue weighted by atomic mass is 35.5. The van der Waals surface area contributed by atoms with E-state index in [-0.39, 0.29) is 30.2 Å². The maximum atomic E-state index is 12.9. The Labute approximate surface area is 159 Å².